The summed E-state index contributed by atoms with van der Waals surface area (Å²) in [4.78, 5) is 23.4. The van der Waals surface area contributed by atoms with E-state index in [1.807, 2.05) is 18.2 Å². The van der Waals surface area contributed by atoms with Crippen LogP contribution in [-0.2, 0) is 9.53 Å². The summed E-state index contributed by atoms with van der Waals surface area (Å²) in [7, 11) is 0. The number of unbranched alkanes of at least 4 members (excludes halogenated alkanes) is 1. The third-order valence-electron chi connectivity index (χ3n) is 5.25. The Kier molecular flexibility index (Phi) is 6.64. The lowest BCUT2D eigenvalue weighted by atomic mass is 9.96. The number of carboxylic acids is 1. The summed E-state index contributed by atoms with van der Waals surface area (Å²) in [5.41, 5.74) is 1.26. The number of benzene rings is 3. The van der Waals surface area contributed by atoms with Crippen molar-refractivity contribution in [2.75, 3.05) is 12.1 Å². The third-order valence-corrected chi connectivity index (χ3v) is 5.25. The van der Waals surface area contributed by atoms with Gasteiger partial charge < -0.3 is 24.4 Å². The Morgan fingerprint density at radius 3 is 2.67 bits per heavy atom. The van der Waals surface area contributed by atoms with E-state index in [9.17, 15) is 14.7 Å². The van der Waals surface area contributed by atoms with E-state index in [1.165, 1.54) is 0 Å². The van der Waals surface area contributed by atoms with Crippen molar-refractivity contribution in [2.24, 2.45) is 0 Å². The molecule has 0 radical (unpaired) electrons. The van der Waals surface area contributed by atoms with Crippen LogP contribution in [0, 0.1) is 0 Å². The first-order valence-electron chi connectivity index (χ1n) is 10.5. The fraction of sp³-hybridized carbons (Fsp3) is 0.200. The van der Waals surface area contributed by atoms with Gasteiger partial charge >= 0.3 is 12.1 Å². The lowest BCUT2D eigenvalue weighted by Crippen LogP contribution is -2.18. The first-order valence-corrected chi connectivity index (χ1v) is 10.5. The van der Waals surface area contributed by atoms with Crippen molar-refractivity contribution in [3.63, 3.8) is 0 Å². The highest BCUT2D eigenvalue weighted by Gasteiger charge is 2.21. The third kappa shape index (κ3) is 5.35. The van der Waals surface area contributed by atoms with Crippen LogP contribution in [0.2, 0.25) is 0 Å². The molecule has 1 aliphatic rings. The largest absolute Gasteiger partial charge is 0.507 e. The summed E-state index contributed by atoms with van der Waals surface area (Å²) in [6, 6.07) is 15.7. The van der Waals surface area contributed by atoms with Gasteiger partial charge in [0, 0.05) is 28.8 Å². The molecule has 8 nitrogen and oxygen atoms in total. The number of carbonyl (C=O) groups excluding carboxylic acids is 1. The van der Waals surface area contributed by atoms with E-state index in [0.717, 1.165) is 17.0 Å². The number of carbonyl (C=O) groups is 2. The summed E-state index contributed by atoms with van der Waals surface area (Å²) < 4.78 is 16.4. The van der Waals surface area contributed by atoms with Crippen LogP contribution in [0.15, 0.2) is 66.7 Å². The van der Waals surface area contributed by atoms with E-state index in [-0.39, 0.29) is 12.5 Å². The molecule has 0 fully saturated rings. The Balaban J connectivity index is 1.53. The number of phenols is 1. The molecule has 0 aromatic heterocycles. The molecule has 0 unspecified atom stereocenters. The Bertz CT molecular complexity index is 1200. The highest BCUT2D eigenvalue weighted by Crippen LogP contribution is 2.36. The van der Waals surface area contributed by atoms with Gasteiger partial charge in [0.15, 0.2) is 11.5 Å². The number of phenolic OH excluding ortho intramolecular Hbond substituents is 1. The summed E-state index contributed by atoms with van der Waals surface area (Å²) in [6.45, 7) is 0.134. The summed E-state index contributed by atoms with van der Waals surface area (Å²) in [6.07, 6.45) is 3.00. The van der Waals surface area contributed by atoms with Gasteiger partial charge in [-0.2, -0.15) is 0 Å². The van der Waals surface area contributed by atoms with E-state index < -0.39 is 18.2 Å². The molecular formula is C25H23NO7. The van der Waals surface area contributed by atoms with Crippen LogP contribution in [0.4, 0.5) is 10.5 Å². The molecule has 1 heterocycles. The second-order valence-corrected chi connectivity index (χ2v) is 7.48. The van der Waals surface area contributed by atoms with Gasteiger partial charge in [-0.05, 0) is 42.8 Å². The monoisotopic (exact) mass is 449 g/mol. The number of aliphatic carboxylic acids is 1. The second kappa shape index (κ2) is 9.95. The first kappa shape index (κ1) is 22.0. The van der Waals surface area contributed by atoms with Gasteiger partial charge in [-0.3, -0.25) is 5.32 Å². The van der Waals surface area contributed by atoms with Crippen LogP contribution in [-0.4, -0.2) is 29.1 Å². The Morgan fingerprint density at radius 2 is 1.85 bits per heavy atom. The number of hydrogen-bond donors (Lipinski definition) is 3. The number of ether oxygens (including phenoxy) is 3. The molecule has 3 aromatic carbocycles. The SMILES string of the molecule is O=C(O)/C=C/CCC[C@@H](OC(=O)Nc1ccc2c(c1)OCO2)c1ccc(O)c2ccccc12. The van der Waals surface area contributed by atoms with E-state index in [2.05, 4.69) is 5.32 Å². The van der Waals surface area contributed by atoms with Gasteiger partial charge in [-0.1, -0.05) is 36.4 Å². The number of amides is 1. The minimum Gasteiger partial charge on any atom is -0.507 e. The number of anilines is 1. The van der Waals surface area contributed by atoms with Gasteiger partial charge in [0.25, 0.3) is 0 Å². The van der Waals surface area contributed by atoms with Crippen molar-refractivity contribution in [1.29, 1.82) is 0 Å². The molecule has 3 N–H and O–H groups in total. The fourth-order valence-electron chi connectivity index (χ4n) is 3.72. The molecular weight excluding hydrogens is 426 g/mol. The minimum atomic E-state index is -1.00. The number of carboxylic acid groups (broad SMARTS) is 1. The zero-order chi connectivity index (χ0) is 23.2. The van der Waals surface area contributed by atoms with Crippen LogP contribution < -0.4 is 14.8 Å². The Morgan fingerprint density at radius 1 is 1.06 bits per heavy atom. The van der Waals surface area contributed by atoms with E-state index in [4.69, 9.17) is 19.3 Å². The molecule has 170 valence electrons. The number of fused-ring (bicyclic) bond motifs is 2. The van der Waals surface area contributed by atoms with Crippen LogP contribution in [0.1, 0.15) is 30.9 Å². The maximum Gasteiger partial charge on any atom is 0.412 e. The molecule has 3 aromatic rings. The van der Waals surface area contributed by atoms with Gasteiger partial charge in [-0.15, -0.1) is 0 Å². The van der Waals surface area contributed by atoms with Crippen LogP contribution in [0.25, 0.3) is 10.8 Å². The lowest BCUT2D eigenvalue weighted by molar-refractivity contribution is -0.131. The molecule has 4 rings (SSSR count). The molecule has 1 aliphatic heterocycles. The molecule has 0 saturated carbocycles. The zero-order valence-corrected chi connectivity index (χ0v) is 17.7. The van der Waals surface area contributed by atoms with E-state index in [0.29, 0.717) is 41.8 Å². The van der Waals surface area contributed by atoms with Crippen molar-refractivity contribution < 1.29 is 34.0 Å². The van der Waals surface area contributed by atoms with E-state index >= 15 is 0 Å². The lowest BCUT2D eigenvalue weighted by Gasteiger charge is -2.21. The van der Waals surface area contributed by atoms with E-state index in [1.54, 1.807) is 42.5 Å². The van der Waals surface area contributed by atoms with Crippen LogP contribution in [0.3, 0.4) is 0 Å². The molecule has 1 amide bonds. The van der Waals surface area contributed by atoms with Gasteiger partial charge in [0.05, 0.1) is 0 Å². The average Bonchev–Trinajstić information content (AvgIpc) is 3.26. The van der Waals surface area contributed by atoms with Crippen molar-refractivity contribution in [3.8, 4) is 17.2 Å². The van der Waals surface area contributed by atoms with Gasteiger partial charge in [-0.25, -0.2) is 9.59 Å². The molecule has 1 atom stereocenters. The topological polar surface area (TPSA) is 114 Å². The predicted molar refractivity (Wildman–Crippen MR) is 122 cm³/mol. The Hall–Kier alpha value is -4.20. The number of nitrogens with one attached hydrogen (secondary N) is 1. The summed E-state index contributed by atoms with van der Waals surface area (Å²) in [5, 5.41) is 23.1. The minimum absolute atomic E-state index is 0.134. The molecule has 0 bridgehead atoms. The number of hydrogen-bond acceptors (Lipinski definition) is 6. The highest BCUT2D eigenvalue weighted by molar-refractivity contribution is 5.91. The number of allylic oxidation sites excluding steroid dienone is 1. The predicted octanol–water partition coefficient (Wildman–Crippen LogP) is 5.38. The summed E-state index contributed by atoms with van der Waals surface area (Å²) >= 11 is 0. The van der Waals surface area contributed by atoms with Crippen molar-refractivity contribution in [2.45, 2.75) is 25.4 Å². The average molecular weight is 449 g/mol. The molecule has 33 heavy (non-hydrogen) atoms. The number of aromatic hydroxyl groups is 1. The molecule has 0 aliphatic carbocycles. The molecule has 0 spiro atoms. The standard InChI is InChI=1S/C25H23NO7/c27-20-12-11-19(17-6-4-5-7-18(17)20)21(8-2-1-3-9-24(28)29)33-25(30)26-16-10-13-22-23(14-16)32-15-31-22/h3-7,9-14,21,27H,1-2,8,15H2,(H,26,30)(H,28,29)/b9-3+/t21-/m1/s1. The second-order valence-electron chi connectivity index (χ2n) is 7.48. The van der Waals surface area contributed by atoms with Crippen molar-refractivity contribution in [3.05, 3.63) is 72.3 Å². The molecule has 8 heteroatoms. The normalized spacial score (nSPS) is 13.2. The van der Waals surface area contributed by atoms with Gasteiger partial charge in [0.1, 0.15) is 11.9 Å². The quantitative estimate of drug-likeness (QED) is 0.313. The smallest absolute Gasteiger partial charge is 0.412 e. The molecule has 0 saturated heterocycles. The maximum atomic E-state index is 12.7. The van der Waals surface area contributed by atoms with Gasteiger partial charge in [0.2, 0.25) is 6.79 Å². The Labute approximate surface area is 190 Å². The maximum absolute atomic E-state index is 12.7. The van der Waals surface area contributed by atoms with Crippen molar-refractivity contribution >= 4 is 28.5 Å². The first-order chi connectivity index (χ1) is 16.0. The highest BCUT2D eigenvalue weighted by atomic mass is 16.7. The number of rotatable bonds is 8. The summed E-state index contributed by atoms with van der Waals surface area (Å²) in [5.74, 6) is 0.286. The van der Waals surface area contributed by atoms with Crippen LogP contribution >= 0.6 is 0 Å². The fourth-order valence-corrected chi connectivity index (χ4v) is 3.72. The van der Waals surface area contributed by atoms with Crippen molar-refractivity contribution in [1.82, 2.24) is 0 Å². The zero-order valence-electron chi connectivity index (χ0n) is 17.7. The van der Waals surface area contributed by atoms with Crippen LogP contribution in [0.5, 0.6) is 17.2 Å².